The Bertz CT molecular complexity index is 666. The molecule has 0 unspecified atom stereocenters. The molecule has 0 spiro atoms. The van der Waals surface area contributed by atoms with E-state index in [2.05, 4.69) is 15.3 Å². The SMILES string of the molecule is COc1ccc2nc(CCCl)n(CC(=O)NC3CC3)c2n1. The van der Waals surface area contributed by atoms with Crippen LogP contribution in [0, 0.1) is 0 Å². The Kier molecular flexibility index (Phi) is 3.96. The van der Waals surface area contributed by atoms with Gasteiger partial charge < -0.3 is 14.6 Å². The van der Waals surface area contributed by atoms with Crippen molar-refractivity contribution >= 4 is 28.7 Å². The molecule has 1 aliphatic carbocycles. The topological polar surface area (TPSA) is 69.0 Å². The summed E-state index contributed by atoms with van der Waals surface area (Å²) in [7, 11) is 1.56. The maximum absolute atomic E-state index is 12.1. The molecule has 0 saturated heterocycles. The third-order valence-corrected chi connectivity index (χ3v) is 3.61. The van der Waals surface area contributed by atoms with Gasteiger partial charge in [-0.2, -0.15) is 4.98 Å². The number of alkyl halides is 1. The minimum Gasteiger partial charge on any atom is -0.481 e. The fourth-order valence-electron chi connectivity index (χ4n) is 2.23. The number of ether oxygens (including phenoxy) is 1. The summed E-state index contributed by atoms with van der Waals surface area (Å²) in [5.41, 5.74) is 1.40. The zero-order valence-electron chi connectivity index (χ0n) is 11.8. The second-order valence-electron chi connectivity index (χ2n) is 5.09. The van der Waals surface area contributed by atoms with Gasteiger partial charge in [0.1, 0.15) is 17.9 Å². The van der Waals surface area contributed by atoms with Crippen molar-refractivity contribution in [1.82, 2.24) is 19.9 Å². The molecule has 7 heteroatoms. The lowest BCUT2D eigenvalue weighted by Crippen LogP contribution is -2.30. The summed E-state index contributed by atoms with van der Waals surface area (Å²) >= 11 is 5.83. The van der Waals surface area contributed by atoms with Crippen molar-refractivity contribution in [2.75, 3.05) is 13.0 Å². The van der Waals surface area contributed by atoms with Crippen LogP contribution in [-0.2, 0) is 17.8 Å². The van der Waals surface area contributed by atoms with Crippen LogP contribution in [0.5, 0.6) is 5.88 Å². The van der Waals surface area contributed by atoms with Gasteiger partial charge in [0.15, 0.2) is 5.65 Å². The van der Waals surface area contributed by atoms with Crippen LogP contribution in [0.3, 0.4) is 0 Å². The van der Waals surface area contributed by atoms with Gasteiger partial charge in [-0.3, -0.25) is 4.79 Å². The molecule has 2 aromatic rings. The standard InChI is InChI=1S/C14H17ClN4O2/c1-21-13-5-4-10-14(18-13)19(11(17-10)6-7-15)8-12(20)16-9-2-3-9/h4-5,9H,2-3,6-8H2,1H3,(H,16,20). The molecule has 21 heavy (non-hydrogen) atoms. The van der Waals surface area contributed by atoms with E-state index >= 15 is 0 Å². The van der Waals surface area contributed by atoms with Crippen molar-refractivity contribution < 1.29 is 9.53 Å². The van der Waals surface area contributed by atoms with Crippen LogP contribution in [-0.4, -0.2) is 39.5 Å². The number of hydrogen-bond donors (Lipinski definition) is 1. The number of nitrogens with zero attached hydrogens (tertiary/aromatic N) is 3. The summed E-state index contributed by atoms with van der Waals surface area (Å²) in [6.07, 6.45) is 2.73. The molecule has 0 radical (unpaired) electrons. The maximum Gasteiger partial charge on any atom is 0.240 e. The number of hydrogen-bond acceptors (Lipinski definition) is 4. The Morgan fingerprint density at radius 3 is 2.95 bits per heavy atom. The summed E-state index contributed by atoms with van der Waals surface area (Å²) in [4.78, 5) is 21.0. The summed E-state index contributed by atoms with van der Waals surface area (Å²) < 4.78 is 6.96. The van der Waals surface area contributed by atoms with Crippen molar-refractivity contribution in [1.29, 1.82) is 0 Å². The minimum atomic E-state index is -0.0164. The number of amides is 1. The second-order valence-corrected chi connectivity index (χ2v) is 5.47. The Labute approximate surface area is 127 Å². The monoisotopic (exact) mass is 308 g/mol. The summed E-state index contributed by atoms with van der Waals surface area (Å²) in [5, 5.41) is 2.98. The minimum absolute atomic E-state index is 0.0164. The molecule has 2 aromatic heterocycles. The van der Waals surface area contributed by atoms with Crippen LogP contribution >= 0.6 is 11.6 Å². The highest BCUT2D eigenvalue weighted by atomic mass is 35.5. The lowest BCUT2D eigenvalue weighted by molar-refractivity contribution is -0.121. The van der Waals surface area contributed by atoms with Crippen LogP contribution in [0.4, 0.5) is 0 Å². The van der Waals surface area contributed by atoms with Gasteiger partial charge in [0.25, 0.3) is 0 Å². The smallest absolute Gasteiger partial charge is 0.240 e. The van der Waals surface area contributed by atoms with E-state index in [1.165, 1.54) is 0 Å². The third kappa shape index (κ3) is 3.10. The van der Waals surface area contributed by atoms with Gasteiger partial charge in [0.05, 0.1) is 7.11 Å². The molecule has 3 rings (SSSR count). The number of aryl methyl sites for hydroxylation is 1. The first-order chi connectivity index (χ1) is 10.2. The molecular formula is C14H17ClN4O2. The number of halogens is 1. The summed E-state index contributed by atoms with van der Waals surface area (Å²) in [5.74, 6) is 1.71. The second kappa shape index (κ2) is 5.89. The quantitative estimate of drug-likeness (QED) is 0.821. The zero-order chi connectivity index (χ0) is 14.8. The van der Waals surface area contributed by atoms with Crippen LogP contribution in [0.15, 0.2) is 12.1 Å². The predicted octanol–water partition coefficient (Wildman–Crippen LogP) is 1.50. The molecule has 2 heterocycles. The Hall–Kier alpha value is -1.82. The Morgan fingerprint density at radius 1 is 1.48 bits per heavy atom. The molecule has 6 nitrogen and oxygen atoms in total. The van der Waals surface area contributed by atoms with E-state index in [9.17, 15) is 4.79 Å². The van der Waals surface area contributed by atoms with Crippen LogP contribution in [0.1, 0.15) is 18.7 Å². The first-order valence-electron chi connectivity index (χ1n) is 6.96. The van der Waals surface area contributed by atoms with Gasteiger partial charge in [0.2, 0.25) is 11.8 Å². The van der Waals surface area contributed by atoms with Crippen LogP contribution in [0.2, 0.25) is 0 Å². The fourth-order valence-corrected chi connectivity index (χ4v) is 2.40. The number of methoxy groups -OCH3 is 1. The maximum atomic E-state index is 12.1. The van der Waals surface area contributed by atoms with Gasteiger partial charge in [0, 0.05) is 24.4 Å². The van der Waals surface area contributed by atoms with E-state index in [1.54, 1.807) is 13.2 Å². The van der Waals surface area contributed by atoms with Gasteiger partial charge in [-0.25, -0.2) is 4.98 Å². The third-order valence-electron chi connectivity index (χ3n) is 3.42. The summed E-state index contributed by atoms with van der Waals surface area (Å²) in [6.45, 7) is 0.208. The highest BCUT2D eigenvalue weighted by Gasteiger charge is 2.24. The molecule has 1 amide bonds. The zero-order valence-corrected chi connectivity index (χ0v) is 12.6. The van der Waals surface area contributed by atoms with Crippen LogP contribution < -0.4 is 10.1 Å². The number of aromatic nitrogens is 3. The fraction of sp³-hybridized carbons (Fsp3) is 0.500. The number of pyridine rings is 1. The molecule has 1 N–H and O–H groups in total. The molecular weight excluding hydrogens is 292 g/mol. The molecule has 112 valence electrons. The molecule has 0 atom stereocenters. The molecule has 0 bridgehead atoms. The van der Waals surface area contributed by atoms with E-state index in [-0.39, 0.29) is 12.5 Å². The van der Waals surface area contributed by atoms with Gasteiger partial charge in [-0.1, -0.05) is 0 Å². The number of carbonyl (C=O) groups excluding carboxylic acids is 1. The van der Waals surface area contributed by atoms with E-state index in [1.807, 2.05) is 10.6 Å². The normalized spacial score (nSPS) is 14.4. The van der Waals surface area contributed by atoms with Crippen molar-refractivity contribution in [3.63, 3.8) is 0 Å². The highest BCUT2D eigenvalue weighted by Crippen LogP contribution is 2.20. The molecule has 1 aliphatic rings. The average Bonchev–Trinajstić information content (AvgIpc) is 3.22. The molecule has 1 fully saturated rings. The number of rotatable bonds is 6. The predicted molar refractivity (Wildman–Crippen MR) is 79.7 cm³/mol. The molecule has 0 aromatic carbocycles. The highest BCUT2D eigenvalue weighted by molar-refractivity contribution is 6.17. The molecule has 1 saturated carbocycles. The van der Waals surface area contributed by atoms with Crippen molar-refractivity contribution in [2.45, 2.75) is 31.8 Å². The average molecular weight is 309 g/mol. The van der Waals surface area contributed by atoms with Crippen LogP contribution in [0.25, 0.3) is 11.2 Å². The van der Waals surface area contributed by atoms with E-state index in [0.717, 1.165) is 24.2 Å². The first kappa shape index (κ1) is 14.1. The van der Waals surface area contributed by atoms with E-state index in [0.29, 0.717) is 29.9 Å². The van der Waals surface area contributed by atoms with Crippen molar-refractivity contribution in [3.05, 3.63) is 18.0 Å². The van der Waals surface area contributed by atoms with Gasteiger partial charge >= 0.3 is 0 Å². The number of carbonyl (C=O) groups is 1. The lowest BCUT2D eigenvalue weighted by Gasteiger charge is -2.08. The number of imidazole rings is 1. The number of nitrogens with one attached hydrogen (secondary N) is 1. The van der Waals surface area contributed by atoms with Crippen molar-refractivity contribution in [2.24, 2.45) is 0 Å². The van der Waals surface area contributed by atoms with Gasteiger partial charge in [-0.05, 0) is 18.9 Å². The Balaban J connectivity index is 1.94. The Morgan fingerprint density at radius 2 is 2.29 bits per heavy atom. The van der Waals surface area contributed by atoms with Crippen molar-refractivity contribution in [3.8, 4) is 5.88 Å². The lowest BCUT2D eigenvalue weighted by atomic mass is 10.4. The molecule has 0 aliphatic heterocycles. The van der Waals surface area contributed by atoms with E-state index in [4.69, 9.17) is 16.3 Å². The largest absolute Gasteiger partial charge is 0.481 e. The first-order valence-corrected chi connectivity index (χ1v) is 7.50. The van der Waals surface area contributed by atoms with E-state index < -0.39 is 0 Å². The summed E-state index contributed by atoms with van der Waals surface area (Å²) in [6, 6.07) is 3.94. The number of fused-ring (bicyclic) bond motifs is 1. The van der Waals surface area contributed by atoms with Gasteiger partial charge in [-0.15, -0.1) is 11.6 Å².